The Morgan fingerprint density at radius 2 is 1.88 bits per heavy atom. The van der Waals surface area contributed by atoms with Crippen molar-refractivity contribution in [1.29, 1.82) is 0 Å². The molecule has 1 aromatic heterocycles. The maximum Gasteiger partial charge on any atom is 0.215 e. The number of thiazole rings is 1. The van der Waals surface area contributed by atoms with Crippen molar-refractivity contribution in [1.82, 2.24) is 9.71 Å². The van der Waals surface area contributed by atoms with Gasteiger partial charge in [0.1, 0.15) is 5.82 Å². The van der Waals surface area contributed by atoms with Crippen LogP contribution in [0.25, 0.3) is 10.2 Å². The Labute approximate surface area is 158 Å². The van der Waals surface area contributed by atoms with Crippen molar-refractivity contribution in [2.45, 2.75) is 12.2 Å². The number of sulfonamides is 1. The smallest absolute Gasteiger partial charge is 0.215 e. The summed E-state index contributed by atoms with van der Waals surface area (Å²) in [5.41, 5.74) is 0.944. The molecule has 0 spiro atoms. The van der Waals surface area contributed by atoms with E-state index in [4.69, 9.17) is 23.2 Å². The van der Waals surface area contributed by atoms with Gasteiger partial charge in [0.25, 0.3) is 0 Å². The molecule has 4 nitrogen and oxygen atoms in total. The van der Waals surface area contributed by atoms with Crippen molar-refractivity contribution < 1.29 is 12.8 Å². The first-order chi connectivity index (χ1) is 11.8. The zero-order valence-corrected chi connectivity index (χ0v) is 15.9. The Hall–Kier alpha value is -1.25. The highest BCUT2D eigenvalue weighted by Crippen LogP contribution is 2.26. The Balaban J connectivity index is 1.63. The van der Waals surface area contributed by atoms with E-state index >= 15 is 0 Å². The molecule has 0 amide bonds. The van der Waals surface area contributed by atoms with Crippen LogP contribution in [0.3, 0.4) is 0 Å². The molecule has 0 fully saturated rings. The van der Waals surface area contributed by atoms with E-state index in [0.717, 1.165) is 9.71 Å². The maximum absolute atomic E-state index is 13.2. The van der Waals surface area contributed by atoms with Crippen LogP contribution in [-0.4, -0.2) is 19.9 Å². The molecule has 0 unspecified atom stereocenters. The average Bonchev–Trinajstić information content (AvgIpc) is 2.92. The number of nitrogens with zero attached hydrogens (tertiary/aromatic N) is 1. The molecule has 1 heterocycles. The number of hydrogen-bond donors (Lipinski definition) is 1. The topological polar surface area (TPSA) is 59.1 Å². The Bertz CT molecular complexity index is 1000. The van der Waals surface area contributed by atoms with Gasteiger partial charge in [0.15, 0.2) is 0 Å². The standard InChI is InChI=1S/C16H13Cl2FN2O2S2/c17-12-2-1-3-13(18)11(12)9-25(22,23)20-7-6-16-21-14-8-10(19)4-5-15(14)24-16/h1-5,8,20H,6-7,9H2. The van der Waals surface area contributed by atoms with Crippen LogP contribution in [-0.2, 0) is 22.2 Å². The minimum Gasteiger partial charge on any atom is -0.241 e. The Morgan fingerprint density at radius 1 is 1.16 bits per heavy atom. The van der Waals surface area contributed by atoms with Gasteiger partial charge in [-0.3, -0.25) is 0 Å². The fourth-order valence-corrected chi connectivity index (χ4v) is 5.12. The van der Waals surface area contributed by atoms with Crippen molar-refractivity contribution in [3.63, 3.8) is 0 Å². The largest absolute Gasteiger partial charge is 0.241 e. The second-order valence-electron chi connectivity index (χ2n) is 5.32. The molecular weight excluding hydrogens is 406 g/mol. The number of hydrogen-bond acceptors (Lipinski definition) is 4. The minimum atomic E-state index is -3.59. The highest BCUT2D eigenvalue weighted by molar-refractivity contribution is 7.88. The number of nitrogens with one attached hydrogen (secondary N) is 1. The number of rotatable bonds is 6. The van der Waals surface area contributed by atoms with Crippen LogP contribution >= 0.6 is 34.5 Å². The second kappa shape index (κ2) is 7.55. The van der Waals surface area contributed by atoms with E-state index in [9.17, 15) is 12.8 Å². The lowest BCUT2D eigenvalue weighted by atomic mass is 10.2. The normalized spacial score (nSPS) is 12.0. The highest BCUT2D eigenvalue weighted by atomic mass is 35.5. The van der Waals surface area contributed by atoms with Crippen LogP contribution in [0.15, 0.2) is 36.4 Å². The van der Waals surface area contributed by atoms with Crippen molar-refractivity contribution >= 4 is 54.8 Å². The van der Waals surface area contributed by atoms with Gasteiger partial charge < -0.3 is 0 Å². The van der Waals surface area contributed by atoms with Gasteiger partial charge in [-0.15, -0.1) is 11.3 Å². The molecule has 0 bridgehead atoms. The summed E-state index contributed by atoms with van der Waals surface area (Å²) in [5.74, 6) is -0.641. The van der Waals surface area contributed by atoms with Gasteiger partial charge in [0.05, 0.1) is 21.0 Å². The fraction of sp³-hybridized carbons (Fsp3) is 0.188. The second-order valence-corrected chi connectivity index (χ2v) is 9.06. The molecule has 3 aromatic rings. The molecule has 132 valence electrons. The fourth-order valence-electron chi connectivity index (χ4n) is 2.28. The summed E-state index contributed by atoms with van der Waals surface area (Å²) in [4.78, 5) is 4.31. The number of benzene rings is 2. The molecule has 0 radical (unpaired) electrons. The molecule has 0 saturated carbocycles. The van der Waals surface area contributed by atoms with E-state index < -0.39 is 10.0 Å². The van der Waals surface area contributed by atoms with Crippen molar-refractivity contribution in [2.75, 3.05) is 6.54 Å². The molecule has 0 saturated heterocycles. The summed E-state index contributed by atoms with van der Waals surface area (Å²) in [6.45, 7) is 0.187. The third-order valence-corrected chi connectivity index (χ3v) is 6.57. The summed E-state index contributed by atoms with van der Waals surface area (Å²) in [6.07, 6.45) is 0.413. The quantitative estimate of drug-likeness (QED) is 0.644. The van der Waals surface area contributed by atoms with E-state index in [1.54, 1.807) is 24.3 Å². The maximum atomic E-state index is 13.2. The van der Waals surface area contributed by atoms with Crippen LogP contribution in [0.2, 0.25) is 10.0 Å². The summed E-state index contributed by atoms with van der Waals surface area (Å²) in [6, 6.07) is 9.25. The lowest BCUT2D eigenvalue weighted by Gasteiger charge is -2.09. The molecule has 0 aliphatic carbocycles. The molecule has 0 atom stereocenters. The molecule has 9 heteroatoms. The van der Waals surface area contributed by atoms with E-state index in [-0.39, 0.29) is 18.1 Å². The number of aromatic nitrogens is 1. The van der Waals surface area contributed by atoms with Crippen molar-refractivity contribution in [3.05, 3.63) is 62.8 Å². The monoisotopic (exact) mass is 418 g/mol. The molecule has 25 heavy (non-hydrogen) atoms. The van der Waals surface area contributed by atoms with Gasteiger partial charge in [-0.2, -0.15) is 0 Å². The van der Waals surface area contributed by atoms with Gasteiger partial charge in [0, 0.05) is 34.6 Å². The zero-order chi connectivity index (χ0) is 18.0. The molecule has 2 aromatic carbocycles. The summed E-state index contributed by atoms with van der Waals surface area (Å²) < 4.78 is 41.0. The van der Waals surface area contributed by atoms with Crippen LogP contribution in [0.1, 0.15) is 10.6 Å². The van der Waals surface area contributed by atoms with E-state index in [1.165, 1.54) is 23.5 Å². The molecule has 0 aliphatic heterocycles. The first-order valence-electron chi connectivity index (χ1n) is 7.29. The predicted octanol–water partition coefficient (Wildman–Crippen LogP) is 4.40. The van der Waals surface area contributed by atoms with E-state index in [0.29, 0.717) is 27.5 Å². The minimum absolute atomic E-state index is 0.187. The third-order valence-electron chi connectivity index (χ3n) is 3.45. The van der Waals surface area contributed by atoms with Gasteiger partial charge in [-0.1, -0.05) is 29.3 Å². The van der Waals surface area contributed by atoms with Gasteiger partial charge in [-0.05, 0) is 24.3 Å². The third kappa shape index (κ3) is 4.68. The lowest BCUT2D eigenvalue weighted by Crippen LogP contribution is -2.27. The van der Waals surface area contributed by atoms with Crippen LogP contribution in [0.5, 0.6) is 0 Å². The summed E-state index contributed by atoms with van der Waals surface area (Å²) >= 11 is 13.4. The highest BCUT2D eigenvalue weighted by Gasteiger charge is 2.16. The average molecular weight is 419 g/mol. The lowest BCUT2D eigenvalue weighted by molar-refractivity contribution is 0.580. The Kier molecular flexibility index (Phi) is 5.60. The van der Waals surface area contributed by atoms with Gasteiger partial charge in [-0.25, -0.2) is 22.5 Å². The first kappa shape index (κ1) is 18.5. The SMILES string of the molecule is O=S(=O)(Cc1c(Cl)cccc1Cl)NCCc1nc2cc(F)ccc2s1. The number of fused-ring (bicyclic) bond motifs is 1. The van der Waals surface area contributed by atoms with Gasteiger partial charge >= 0.3 is 0 Å². The molecule has 3 rings (SSSR count). The Morgan fingerprint density at radius 3 is 2.60 bits per heavy atom. The zero-order valence-electron chi connectivity index (χ0n) is 12.8. The van der Waals surface area contributed by atoms with Crippen LogP contribution < -0.4 is 4.72 Å². The summed E-state index contributed by atoms with van der Waals surface area (Å²) in [7, 11) is -3.59. The van der Waals surface area contributed by atoms with Crippen molar-refractivity contribution in [2.24, 2.45) is 0 Å². The van der Waals surface area contributed by atoms with Crippen LogP contribution in [0, 0.1) is 5.82 Å². The van der Waals surface area contributed by atoms with Crippen molar-refractivity contribution in [3.8, 4) is 0 Å². The van der Waals surface area contributed by atoms with Crippen LogP contribution in [0.4, 0.5) is 4.39 Å². The summed E-state index contributed by atoms with van der Waals surface area (Å²) in [5, 5.41) is 1.36. The molecular formula is C16H13Cl2FN2O2S2. The number of halogens is 3. The van der Waals surface area contributed by atoms with E-state index in [1.807, 2.05) is 0 Å². The molecule has 0 aliphatic rings. The van der Waals surface area contributed by atoms with E-state index in [2.05, 4.69) is 9.71 Å². The van der Waals surface area contributed by atoms with Gasteiger partial charge in [0.2, 0.25) is 10.0 Å². The predicted molar refractivity (Wildman–Crippen MR) is 100 cm³/mol. The molecule has 1 N–H and O–H groups in total. The first-order valence-corrected chi connectivity index (χ1v) is 10.5.